The molecular weight excluding hydrogens is 190 g/mol. The van der Waals surface area contributed by atoms with Crippen LogP contribution in [0.15, 0.2) is 18.2 Å². The fraction of sp³-hybridized carbons (Fsp3) is 0.500. The summed E-state index contributed by atoms with van der Waals surface area (Å²) in [7, 11) is 3.84. The molecule has 3 heteroatoms. The second-order valence-electron chi connectivity index (χ2n) is 4.73. The number of phenols is 1. The highest BCUT2D eigenvalue weighted by Gasteiger charge is 2.18. The van der Waals surface area contributed by atoms with Crippen LogP contribution in [0, 0.1) is 0 Å². The Morgan fingerprint density at radius 1 is 1.20 bits per heavy atom. The van der Waals surface area contributed by atoms with Crippen LogP contribution in [0.1, 0.15) is 20.8 Å². The average Bonchev–Trinajstić information content (AvgIpc) is 2.05. The lowest BCUT2D eigenvalue weighted by Gasteiger charge is -2.26. The van der Waals surface area contributed by atoms with Gasteiger partial charge in [0.2, 0.25) is 0 Å². The summed E-state index contributed by atoms with van der Waals surface area (Å²) in [5, 5.41) is 9.75. The molecule has 0 amide bonds. The first-order chi connectivity index (χ1) is 6.81. The lowest BCUT2D eigenvalue weighted by Crippen LogP contribution is -2.24. The van der Waals surface area contributed by atoms with Gasteiger partial charge < -0.3 is 14.7 Å². The first kappa shape index (κ1) is 11.7. The molecule has 0 unspecified atom stereocenters. The zero-order chi connectivity index (χ0) is 11.6. The molecule has 0 saturated heterocycles. The predicted octanol–water partition coefficient (Wildman–Crippen LogP) is 2.64. The Morgan fingerprint density at radius 2 is 1.80 bits per heavy atom. The zero-order valence-electron chi connectivity index (χ0n) is 10.0. The standard InChI is InChI=1S/C12H19NO2/c1-12(2,3)15-11-9(13(4)5)7-6-8-10(11)14/h6-8,14H,1-5H3. The number of ether oxygens (including phenoxy) is 1. The molecule has 0 aliphatic carbocycles. The molecule has 0 radical (unpaired) electrons. The number of anilines is 1. The SMILES string of the molecule is CN(C)c1cccc(O)c1OC(C)(C)C. The minimum atomic E-state index is -0.316. The van der Waals surface area contributed by atoms with Gasteiger partial charge >= 0.3 is 0 Å². The van der Waals surface area contributed by atoms with Crippen LogP contribution < -0.4 is 9.64 Å². The first-order valence-corrected chi connectivity index (χ1v) is 4.99. The number of hydrogen-bond donors (Lipinski definition) is 1. The summed E-state index contributed by atoms with van der Waals surface area (Å²) in [6.07, 6.45) is 0. The average molecular weight is 209 g/mol. The van der Waals surface area contributed by atoms with Crippen LogP contribution >= 0.6 is 0 Å². The molecule has 1 aromatic carbocycles. The Labute approximate surface area is 91.3 Å². The number of phenolic OH excluding ortho intramolecular Hbond substituents is 1. The van der Waals surface area contributed by atoms with E-state index in [2.05, 4.69) is 0 Å². The molecule has 0 atom stereocenters. The van der Waals surface area contributed by atoms with Crippen LogP contribution in [0.4, 0.5) is 5.69 Å². The highest BCUT2D eigenvalue weighted by atomic mass is 16.5. The molecule has 84 valence electrons. The van der Waals surface area contributed by atoms with E-state index in [1.807, 2.05) is 45.8 Å². The second-order valence-corrected chi connectivity index (χ2v) is 4.73. The molecule has 1 rings (SSSR count). The number of para-hydroxylation sites is 1. The van der Waals surface area contributed by atoms with E-state index in [0.717, 1.165) is 5.69 Å². The van der Waals surface area contributed by atoms with E-state index in [0.29, 0.717) is 5.75 Å². The summed E-state index contributed by atoms with van der Waals surface area (Å²) in [5.74, 6) is 0.714. The van der Waals surface area contributed by atoms with Gasteiger partial charge in [-0.1, -0.05) is 6.07 Å². The third-order valence-electron chi connectivity index (χ3n) is 1.86. The van der Waals surface area contributed by atoms with E-state index in [1.54, 1.807) is 12.1 Å². The quantitative estimate of drug-likeness (QED) is 0.812. The smallest absolute Gasteiger partial charge is 0.184 e. The monoisotopic (exact) mass is 209 g/mol. The van der Waals surface area contributed by atoms with Crippen molar-refractivity contribution in [1.82, 2.24) is 0 Å². The van der Waals surface area contributed by atoms with Crippen molar-refractivity contribution >= 4 is 5.69 Å². The first-order valence-electron chi connectivity index (χ1n) is 4.99. The van der Waals surface area contributed by atoms with E-state index < -0.39 is 0 Å². The second kappa shape index (κ2) is 4.01. The summed E-state index contributed by atoms with van der Waals surface area (Å²) in [6, 6.07) is 5.36. The highest BCUT2D eigenvalue weighted by molar-refractivity contribution is 5.63. The number of benzene rings is 1. The van der Waals surface area contributed by atoms with Gasteiger partial charge in [-0.05, 0) is 32.9 Å². The fourth-order valence-corrected chi connectivity index (χ4v) is 1.28. The summed E-state index contributed by atoms with van der Waals surface area (Å²) >= 11 is 0. The largest absolute Gasteiger partial charge is 0.504 e. The molecule has 0 aliphatic rings. The molecule has 3 nitrogen and oxygen atoms in total. The highest BCUT2D eigenvalue weighted by Crippen LogP contribution is 2.37. The number of hydrogen-bond acceptors (Lipinski definition) is 3. The predicted molar refractivity (Wildman–Crippen MR) is 62.8 cm³/mol. The topological polar surface area (TPSA) is 32.7 Å². The zero-order valence-corrected chi connectivity index (χ0v) is 10.0. The lowest BCUT2D eigenvalue weighted by molar-refractivity contribution is 0.126. The van der Waals surface area contributed by atoms with Gasteiger partial charge in [-0.15, -0.1) is 0 Å². The third kappa shape index (κ3) is 3.05. The van der Waals surface area contributed by atoms with Crippen molar-refractivity contribution in [3.05, 3.63) is 18.2 Å². The Morgan fingerprint density at radius 3 is 2.27 bits per heavy atom. The number of aromatic hydroxyl groups is 1. The van der Waals surface area contributed by atoms with Crippen molar-refractivity contribution in [2.24, 2.45) is 0 Å². The van der Waals surface area contributed by atoms with Crippen LogP contribution in [0.25, 0.3) is 0 Å². The van der Waals surface area contributed by atoms with Crippen LogP contribution in [-0.4, -0.2) is 24.8 Å². The van der Waals surface area contributed by atoms with Crippen molar-refractivity contribution in [3.63, 3.8) is 0 Å². The van der Waals surface area contributed by atoms with E-state index in [9.17, 15) is 5.11 Å². The maximum Gasteiger partial charge on any atom is 0.184 e. The van der Waals surface area contributed by atoms with Crippen molar-refractivity contribution < 1.29 is 9.84 Å². The third-order valence-corrected chi connectivity index (χ3v) is 1.86. The summed E-state index contributed by atoms with van der Waals surface area (Å²) in [6.45, 7) is 5.87. The van der Waals surface area contributed by atoms with E-state index in [-0.39, 0.29) is 11.4 Å². The van der Waals surface area contributed by atoms with Gasteiger partial charge in [-0.2, -0.15) is 0 Å². The van der Waals surface area contributed by atoms with Crippen LogP contribution in [0.5, 0.6) is 11.5 Å². The van der Waals surface area contributed by atoms with Gasteiger partial charge in [-0.3, -0.25) is 0 Å². The van der Waals surface area contributed by atoms with Gasteiger partial charge in [0, 0.05) is 14.1 Å². The molecular formula is C12H19NO2. The Balaban J connectivity index is 3.14. The van der Waals surface area contributed by atoms with E-state index in [4.69, 9.17) is 4.74 Å². The minimum Gasteiger partial charge on any atom is -0.504 e. The Kier molecular flexibility index (Phi) is 3.12. The maximum absolute atomic E-state index is 9.75. The lowest BCUT2D eigenvalue weighted by atomic mass is 10.2. The van der Waals surface area contributed by atoms with Gasteiger partial charge in [0.05, 0.1) is 5.69 Å². The van der Waals surface area contributed by atoms with Crippen LogP contribution in [-0.2, 0) is 0 Å². The fourth-order valence-electron chi connectivity index (χ4n) is 1.28. The summed E-state index contributed by atoms with van der Waals surface area (Å²) < 4.78 is 5.73. The van der Waals surface area contributed by atoms with Crippen molar-refractivity contribution in [1.29, 1.82) is 0 Å². The molecule has 1 aromatic rings. The molecule has 15 heavy (non-hydrogen) atoms. The molecule has 0 aromatic heterocycles. The Bertz CT molecular complexity index is 340. The minimum absolute atomic E-state index is 0.177. The van der Waals surface area contributed by atoms with Gasteiger partial charge in [0.1, 0.15) is 5.60 Å². The normalized spacial score (nSPS) is 11.3. The molecule has 1 N–H and O–H groups in total. The van der Waals surface area contributed by atoms with Gasteiger partial charge in [0.25, 0.3) is 0 Å². The van der Waals surface area contributed by atoms with Crippen molar-refractivity contribution in [3.8, 4) is 11.5 Å². The number of rotatable bonds is 2. The van der Waals surface area contributed by atoms with E-state index in [1.165, 1.54) is 0 Å². The maximum atomic E-state index is 9.75. The molecule has 0 saturated carbocycles. The Hall–Kier alpha value is -1.38. The van der Waals surface area contributed by atoms with Crippen LogP contribution in [0.2, 0.25) is 0 Å². The van der Waals surface area contributed by atoms with Gasteiger partial charge in [0.15, 0.2) is 11.5 Å². The molecule has 0 aliphatic heterocycles. The molecule has 0 spiro atoms. The summed E-state index contributed by atoms with van der Waals surface area (Å²) in [4.78, 5) is 1.92. The van der Waals surface area contributed by atoms with Crippen LogP contribution in [0.3, 0.4) is 0 Å². The molecule has 0 bridgehead atoms. The van der Waals surface area contributed by atoms with Crippen molar-refractivity contribution in [2.75, 3.05) is 19.0 Å². The molecule has 0 fully saturated rings. The van der Waals surface area contributed by atoms with Gasteiger partial charge in [-0.25, -0.2) is 0 Å². The number of nitrogens with zero attached hydrogens (tertiary/aromatic N) is 1. The van der Waals surface area contributed by atoms with Crippen molar-refractivity contribution in [2.45, 2.75) is 26.4 Å². The molecule has 0 heterocycles. The van der Waals surface area contributed by atoms with E-state index >= 15 is 0 Å². The summed E-state index contributed by atoms with van der Waals surface area (Å²) in [5.41, 5.74) is 0.564.